The second-order valence-corrected chi connectivity index (χ2v) is 5.03. The van der Waals surface area contributed by atoms with Gasteiger partial charge in [0.1, 0.15) is 0 Å². The molecule has 1 aromatic rings. The molecule has 3 nitrogen and oxygen atoms in total. The molecule has 0 saturated carbocycles. The molecule has 0 aliphatic heterocycles. The molecule has 0 bridgehead atoms. The van der Waals surface area contributed by atoms with E-state index >= 15 is 0 Å². The van der Waals surface area contributed by atoms with Gasteiger partial charge < -0.3 is 0 Å². The van der Waals surface area contributed by atoms with Crippen molar-refractivity contribution in [2.45, 2.75) is 11.5 Å². The predicted molar refractivity (Wildman–Crippen MR) is 54.0 cm³/mol. The number of hydrogen-bond donors (Lipinski definition) is 1. The second kappa shape index (κ2) is 5.33. The Hall–Kier alpha value is -1.33. The summed E-state index contributed by atoms with van der Waals surface area (Å²) < 4.78 is 36.2. The number of carboxylic acids is 1. The zero-order chi connectivity index (χ0) is 13.1. The maximum atomic E-state index is 12.2. The van der Waals surface area contributed by atoms with Crippen molar-refractivity contribution in [3.63, 3.8) is 0 Å². The minimum atomic E-state index is -4.44. The molecule has 0 unspecified atom stereocenters. The number of carbonyl (C=O) groups is 2. The summed E-state index contributed by atoms with van der Waals surface area (Å²) in [6.45, 7) is 0. The Morgan fingerprint density at radius 1 is 1.18 bits per heavy atom. The molecular formula is C10H7F3O3Se. The van der Waals surface area contributed by atoms with Crippen molar-refractivity contribution in [2.75, 3.05) is 0 Å². The van der Waals surface area contributed by atoms with Crippen molar-refractivity contribution < 1.29 is 27.9 Å². The second-order valence-electron chi connectivity index (χ2n) is 3.04. The zero-order valence-corrected chi connectivity index (χ0v) is 10.0. The number of hydrogen-bond acceptors (Lipinski definition) is 2. The molecule has 0 spiro atoms. The monoisotopic (exact) mass is 312 g/mol. The van der Waals surface area contributed by atoms with E-state index in [0.29, 0.717) is 0 Å². The number of carbonyl (C=O) groups excluding carboxylic acids is 1. The van der Waals surface area contributed by atoms with Crippen LogP contribution >= 0.6 is 0 Å². The quantitative estimate of drug-likeness (QED) is 0.866. The Balaban J connectivity index is 2.74. The van der Waals surface area contributed by atoms with Crippen LogP contribution in [0.2, 0.25) is 5.32 Å². The fraction of sp³-hybridized carbons (Fsp3) is 0.200. The van der Waals surface area contributed by atoms with Gasteiger partial charge in [-0.05, 0) is 0 Å². The van der Waals surface area contributed by atoms with Crippen molar-refractivity contribution in [1.82, 2.24) is 0 Å². The van der Waals surface area contributed by atoms with Crippen LogP contribution in [0.25, 0.3) is 0 Å². The van der Waals surface area contributed by atoms with Gasteiger partial charge in [0.15, 0.2) is 0 Å². The van der Waals surface area contributed by atoms with Gasteiger partial charge in [-0.1, -0.05) is 0 Å². The fourth-order valence-corrected chi connectivity index (χ4v) is 2.18. The number of alkyl halides is 3. The van der Waals surface area contributed by atoms with Crippen LogP contribution in [0, 0.1) is 0 Å². The zero-order valence-electron chi connectivity index (χ0n) is 8.32. The Kier molecular flexibility index (Phi) is 4.31. The molecule has 17 heavy (non-hydrogen) atoms. The Morgan fingerprint density at radius 3 is 2.12 bits per heavy atom. The molecule has 7 heteroatoms. The van der Waals surface area contributed by atoms with Gasteiger partial charge in [0.25, 0.3) is 0 Å². The van der Waals surface area contributed by atoms with Crippen molar-refractivity contribution in [3.8, 4) is 0 Å². The molecule has 0 aromatic heterocycles. The molecule has 1 N–H and O–H groups in total. The van der Waals surface area contributed by atoms with Crippen LogP contribution in [0.3, 0.4) is 0 Å². The number of carboxylic acid groups (broad SMARTS) is 1. The number of benzene rings is 1. The third-order valence-corrected chi connectivity index (χ3v) is 3.64. The molecule has 0 amide bonds. The molecule has 0 saturated heterocycles. The van der Waals surface area contributed by atoms with Crippen molar-refractivity contribution in [3.05, 3.63) is 35.4 Å². The van der Waals surface area contributed by atoms with Crippen molar-refractivity contribution in [1.29, 1.82) is 0 Å². The van der Waals surface area contributed by atoms with E-state index in [1.807, 2.05) is 0 Å². The first-order valence-corrected chi connectivity index (χ1v) is 6.43. The normalized spacial score (nSPS) is 11.2. The molecule has 0 heterocycles. The molecule has 0 aliphatic carbocycles. The summed E-state index contributed by atoms with van der Waals surface area (Å²) in [6, 6.07) is 3.75. The summed E-state index contributed by atoms with van der Waals surface area (Å²) in [4.78, 5) is 21.6. The number of aliphatic carboxylic acids is 1. The van der Waals surface area contributed by atoms with Gasteiger partial charge in [0.2, 0.25) is 0 Å². The first-order valence-electron chi connectivity index (χ1n) is 4.37. The average molecular weight is 311 g/mol. The van der Waals surface area contributed by atoms with E-state index < -0.39 is 37.3 Å². The molecule has 1 aromatic carbocycles. The van der Waals surface area contributed by atoms with Crippen LogP contribution in [-0.2, 0) is 11.0 Å². The standard InChI is InChI=1S/C10H7F3O3Se/c11-10(12,13)7-3-1-6(2-4-7)9(16)17-5-8(14)15/h1-4H,5H2,(H,14,15). The third kappa shape index (κ3) is 4.20. The molecule has 0 fully saturated rings. The summed E-state index contributed by atoms with van der Waals surface area (Å²) in [5, 5.41) is 8.10. The van der Waals surface area contributed by atoms with Crippen LogP contribution in [0.15, 0.2) is 24.3 Å². The first-order chi connectivity index (χ1) is 7.80. The number of rotatable bonds is 4. The Morgan fingerprint density at radius 2 is 1.71 bits per heavy atom. The summed E-state index contributed by atoms with van der Waals surface area (Å²) in [6.07, 6.45) is -4.44. The van der Waals surface area contributed by atoms with E-state index in [2.05, 4.69) is 0 Å². The summed E-state index contributed by atoms with van der Waals surface area (Å²) in [5.74, 6) is -1.09. The Bertz CT molecular complexity index is 425. The van der Waals surface area contributed by atoms with Crippen LogP contribution in [-0.4, -0.2) is 30.7 Å². The van der Waals surface area contributed by atoms with Gasteiger partial charge in [0, 0.05) is 0 Å². The molecule has 1 rings (SSSR count). The predicted octanol–water partition coefficient (Wildman–Crippen LogP) is 2.05. The molecule has 92 valence electrons. The van der Waals surface area contributed by atoms with E-state index in [-0.39, 0.29) is 10.9 Å². The van der Waals surface area contributed by atoms with Gasteiger partial charge in [-0.3, -0.25) is 0 Å². The van der Waals surface area contributed by atoms with Crippen LogP contribution in [0.5, 0.6) is 0 Å². The summed E-state index contributed by atoms with van der Waals surface area (Å²) in [5.41, 5.74) is -0.723. The minimum absolute atomic E-state index is 0.110. The van der Waals surface area contributed by atoms with E-state index in [4.69, 9.17) is 5.11 Å². The fourth-order valence-electron chi connectivity index (χ4n) is 1.01. The van der Waals surface area contributed by atoms with Gasteiger partial charge in [-0.15, -0.1) is 0 Å². The van der Waals surface area contributed by atoms with Gasteiger partial charge in [-0.25, -0.2) is 0 Å². The van der Waals surface area contributed by atoms with E-state index in [1.54, 1.807) is 0 Å². The van der Waals surface area contributed by atoms with Crippen LogP contribution in [0.1, 0.15) is 15.9 Å². The maximum absolute atomic E-state index is 12.2. The Labute approximate surface area is 101 Å². The van der Waals surface area contributed by atoms with E-state index in [9.17, 15) is 22.8 Å². The summed E-state index contributed by atoms with van der Waals surface area (Å²) >= 11 is -0.786. The van der Waals surface area contributed by atoms with E-state index in [1.165, 1.54) is 0 Å². The van der Waals surface area contributed by atoms with Gasteiger partial charge in [0.05, 0.1) is 0 Å². The van der Waals surface area contributed by atoms with Crippen molar-refractivity contribution in [2.24, 2.45) is 0 Å². The van der Waals surface area contributed by atoms with Gasteiger partial charge >= 0.3 is 100 Å². The molecular weight excluding hydrogens is 304 g/mol. The van der Waals surface area contributed by atoms with Crippen LogP contribution < -0.4 is 0 Å². The third-order valence-electron chi connectivity index (χ3n) is 1.77. The SMILES string of the molecule is O=C(O)C[Se]C(=O)c1ccc(C(F)(F)F)cc1. The summed E-state index contributed by atoms with van der Waals surface area (Å²) in [7, 11) is 0. The first kappa shape index (κ1) is 13.7. The van der Waals surface area contributed by atoms with Crippen molar-refractivity contribution >= 4 is 25.6 Å². The van der Waals surface area contributed by atoms with Gasteiger partial charge in [-0.2, -0.15) is 0 Å². The topological polar surface area (TPSA) is 54.4 Å². The van der Waals surface area contributed by atoms with Crippen LogP contribution in [0.4, 0.5) is 13.2 Å². The molecule has 0 radical (unpaired) electrons. The number of halogens is 3. The van der Waals surface area contributed by atoms with E-state index in [0.717, 1.165) is 24.3 Å². The molecule has 0 atom stereocenters. The average Bonchev–Trinajstić information content (AvgIpc) is 2.25. The molecule has 0 aliphatic rings.